The van der Waals surface area contributed by atoms with Gasteiger partial charge in [-0.05, 0) is 18.2 Å². The van der Waals surface area contributed by atoms with E-state index in [1.54, 1.807) is 0 Å². The Kier molecular flexibility index (Phi) is 3.55. The van der Waals surface area contributed by atoms with Crippen molar-refractivity contribution in [3.8, 4) is 5.69 Å². The second-order valence-electron chi connectivity index (χ2n) is 4.35. The molecule has 0 fully saturated rings. The van der Waals surface area contributed by atoms with Crippen LogP contribution in [0, 0.1) is 17.5 Å². The molecule has 1 heterocycles. The Morgan fingerprint density at radius 1 is 1.05 bits per heavy atom. The number of benzene rings is 2. The van der Waals surface area contributed by atoms with Crippen molar-refractivity contribution < 1.29 is 13.2 Å². The summed E-state index contributed by atoms with van der Waals surface area (Å²) in [6.07, 6.45) is 0. The second-order valence-corrected chi connectivity index (χ2v) is 5.02. The molecule has 0 bridgehead atoms. The molecule has 3 aromatic rings. The third kappa shape index (κ3) is 2.36. The molecule has 2 aromatic carbocycles. The van der Waals surface area contributed by atoms with Crippen molar-refractivity contribution in [1.29, 1.82) is 0 Å². The predicted octanol–water partition coefficient (Wildman–Crippen LogP) is 4.84. The molecular formula is C14H7Cl2F3N2. The molecule has 0 atom stereocenters. The van der Waals surface area contributed by atoms with Crippen molar-refractivity contribution in [1.82, 2.24) is 9.55 Å². The summed E-state index contributed by atoms with van der Waals surface area (Å²) in [6.45, 7) is 0. The van der Waals surface area contributed by atoms with E-state index in [9.17, 15) is 13.2 Å². The molecule has 0 amide bonds. The monoisotopic (exact) mass is 330 g/mol. The SMILES string of the molecule is Fc1ccc(-n2c(CCl)nc3cc(Cl)c(F)cc32)c(F)c1. The number of alkyl halides is 1. The first-order valence-corrected chi connectivity index (χ1v) is 6.80. The maximum Gasteiger partial charge on any atom is 0.150 e. The van der Waals surface area contributed by atoms with E-state index in [4.69, 9.17) is 23.2 Å². The highest BCUT2D eigenvalue weighted by Gasteiger charge is 2.17. The first-order valence-electron chi connectivity index (χ1n) is 5.89. The van der Waals surface area contributed by atoms with Gasteiger partial charge in [-0.1, -0.05) is 11.6 Å². The fourth-order valence-corrected chi connectivity index (χ4v) is 2.48. The van der Waals surface area contributed by atoms with Crippen LogP contribution in [-0.4, -0.2) is 9.55 Å². The van der Waals surface area contributed by atoms with Crippen LogP contribution in [0.3, 0.4) is 0 Å². The topological polar surface area (TPSA) is 17.8 Å². The molecule has 0 radical (unpaired) electrons. The number of imidazole rings is 1. The van der Waals surface area contributed by atoms with Crippen LogP contribution in [0.15, 0.2) is 30.3 Å². The maximum atomic E-state index is 14.0. The molecule has 1 aromatic heterocycles. The highest BCUT2D eigenvalue weighted by molar-refractivity contribution is 6.31. The van der Waals surface area contributed by atoms with Crippen LogP contribution in [-0.2, 0) is 5.88 Å². The lowest BCUT2D eigenvalue weighted by atomic mass is 10.2. The van der Waals surface area contributed by atoms with Gasteiger partial charge >= 0.3 is 0 Å². The summed E-state index contributed by atoms with van der Waals surface area (Å²) < 4.78 is 42.0. The van der Waals surface area contributed by atoms with Crippen LogP contribution in [0.5, 0.6) is 0 Å². The molecule has 0 unspecified atom stereocenters. The number of aromatic nitrogens is 2. The van der Waals surface area contributed by atoms with Crippen molar-refractivity contribution in [2.45, 2.75) is 5.88 Å². The van der Waals surface area contributed by atoms with E-state index >= 15 is 0 Å². The summed E-state index contributed by atoms with van der Waals surface area (Å²) in [7, 11) is 0. The molecule has 0 aliphatic rings. The Balaban J connectivity index is 2.37. The van der Waals surface area contributed by atoms with Gasteiger partial charge in [-0.3, -0.25) is 4.57 Å². The Morgan fingerprint density at radius 2 is 1.81 bits per heavy atom. The van der Waals surface area contributed by atoms with E-state index in [1.165, 1.54) is 16.7 Å². The molecule has 0 saturated heterocycles. The number of rotatable bonds is 2. The van der Waals surface area contributed by atoms with E-state index in [2.05, 4.69) is 4.98 Å². The molecule has 7 heteroatoms. The zero-order valence-electron chi connectivity index (χ0n) is 10.4. The van der Waals surface area contributed by atoms with Crippen molar-refractivity contribution in [2.24, 2.45) is 0 Å². The lowest BCUT2D eigenvalue weighted by Crippen LogP contribution is -2.02. The fourth-order valence-electron chi connectivity index (χ4n) is 2.14. The van der Waals surface area contributed by atoms with Gasteiger partial charge < -0.3 is 0 Å². The van der Waals surface area contributed by atoms with E-state index in [-0.39, 0.29) is 16.6 Å². The van der Waals surface area contributed by atoms with Gasteiger partial charge in [-0.2, -0.15) is 0 Å². The molecule has 0 N–H and O–H groups in total. The largest absolute Gasteiger partial charge is 0.292 e. The molecule has 3 rings (SSSR count). The van der Waals surface area contributed by atoms with Crippen LogP contribution in [0.4, 0.5) is 13.2 Å². The van der Waals surface area contributed by atoms with Crippen molar-refractivity contribution >= 4 is 34.2 Å². The third-order valence-corrected chi connectivity index (χ3v) is 3.56. The van der Waals surface area contributed by atoms with Crippen LogP contribution in [0.25, 0.3) is 16.7 Å². The summed E-state index contributed by atoms with van der Waals surface area (Å²) in [6, 6.07) is 5.57. The molecule has 108 valence electrons. The fraction of sp³-hybridized carbons (Fsp3) is 0.0714. The number of nitrogens with zero attached hydrogens (tertiary/aromatic N) is 2. The van der Waals surface area contributed by atoms with Gasteiger partial charge in [0.25, 0.3) is 0 Å². The number of halogens is 5. The van der Waals surface area contributed by atoms with Gasteiger partial charge in [-0.15, -0.1) is 11.6 Å². The summed E-state index contributed by atoms with van der Waals surface area (Å²) in [5, 5.41) is -0.0900. The van der Waals surface area contributed by atoms with Crippen molar-refractivity contribution in [3.63, 3.8) is 0 Å². The molecule has 0 saturated carbocycles. The van der Waals surface area contributed by atoms with Gasteiger partial charge in [0.1, 0.15) is 23.3 Å². The summed E-state index contributed by atoms with van der Waals surface area (Å²) in [5.41, 5.74) is 0.718. The normalized spacial score (nSPS) is 11.3. The average Bonchev–Trinajstić information content (AvgIpc) is 2.77. The Labute approximate surface area is 127 Å². The molecule has 2 nitrogen and oxygen atoms in total. The summed E-state index contributed by atoms with van der Waals surface area (Å²) in [5.74, 6) is -1.88. The predicted molar refractivity (Wildman–Crippen MR) is 75.5 cm³/mol. The highest BCUT2D eigenvalue weighted by Crippen LogP contribution is 2.28. The van der Waals surface area contributed by atoms with Gasteiger partial charge in [0.05, 0.1) is 27.6 Å². The van der Waals surface area contributed by atoms with Crippen molar-refractivity contribution in [2.75, 3.05) is 0 Å². The highest BCUT2D eigenvalue weighted by atomic mass is 35.5. The second kappa shape index (κ2) is 5.24. The van der Waals surface area contributed by atoms with E-state index in [0.717, 1.165) is 18.2 Å². The van der Waals surface area contributed by atoms with Crippen molar-refractivity contribution in [3.05, 3.63) is 58.6 Å². The van der Waals surface area contributed by atoms with Crippen LogP contribution in [0.2, 0.25) is 5.02 Å². The van der Waals surface area contributed by atoms with Gasteiger partial charge in [-0.25, -0.2) is 18.2 Å². The minimum absolute atomic E-state index is 0.0231. The zero-order valence-corrected chi connectivity index (χ0v) is 11.9. The lowest BCUT2D eigenvalue weighted by molar-refractivity contribution is 0.577. The number of hydrogen-bond donors (Lipinski definition) is 0. The summed E-state index contributed by atoms with van der Waals surface area (Å²) in [4.78, 5) is 4.19. The first-order chi connectivity index (χ1) is 10.0. The standard InChI is InChI=1S/C14H7Cl2F3N2/c15-6-14-20-11-4-8(16)9(18)5-13(11)21(14)12-2-1-7(17)3-10(12)19/h1-5H,6H2. The van der Waals surface area contributed by atoms with Crippen LogP contribution in [0.1, 0.15) is 5.82 Å². The third-order valence-electron chi connectivity index (χ3n) is 3.04. The van der Waals surface area contributed by atoms with Gasteiger partial charge in [0.2, 0.25) is 0 Å². The first kappa shape index (κ1) is 14.2. The molecule has 0 aliphatic carbocycles. The lowest BCUT2D eigenvalue weighted by Gasteiger charge is -2.09. The Morgan fingerprint density at radius 3 is 2.48 bits per heavy atom. The van der Waals surface area contributed by atoms with Crippen LogP contribution >= 0.6 is 23.2 Å². The average molecular weight is 331 g/mol. The molecule has 21 heavy (non-hydrogen) atoms. The van der Waals surface area contributed by atoms with Gasteiger partial charge in [0.15, 0.2) is 0 Å². The minimum Gasteiger partial charge on any atom is -0.292 e. The quantitative estimate of drug-likeness (QED) is 0.615. The van der Waals surface area contributed by atoms with E-state index in [1.807, 2.05) is 0 Å². The number of hydrogen-bond acceptors (Lipinski definition) is 1. The van der Waals surface area contributed by atoms with Gasteiger partial charge in [0, 0.05) is 12.1 Å². The minimum atomic E-state index is -0.795. The maximum absolute atomic E-state index is 14.0. The smallest absolute Gasteiger partial charge is 0.150 e. The zero-order chi connectivity index (χ0) is 15.1. The Hall–Kier alpha value is -1.72. The van der Waals surface area contributed by atoms with E-state index in [0.29, 0.717) is 16.9 Å². The van der Waals surface area contributed by atoms with Crippen LogP contribution < -0.4 is 0 Å². The number of fused-ring (bicyclic) bond motifs is 1. The molecule has 0 spiro atoms. The Bertz CT molecular complexity index is 846. The van der Waals surface area contributed by atoms with E-state index < -0.39 is 17.5 Å². The molecular weight excluding hydrogens is 324 g/mol. The summed E-state index contributed by atoms with van der Waals surface area (Å²) >= 11 is 11.5. The molecule has 0 aliphatic heterocycles.